The average molecular weight is 444 g/mol. The van der Waals surface area contributed by atoms with Gasteiger partial charge in [-0.3, -0.25) is 19.7 Å². The molecule has 8 nitrogen and oxygen atoms in total. The summed E-state index contributed by atoms with van der Waals surface area (Å²) in [6.45, 7) is 3.70. The van der Waals surface area contributed by atoms with Crippen LogP contribution in [-0.2, 0) is 9.59 Å². The van der Waals surface area contributed by atoms with Gasteiger partial charge in [-0.15, -0.1) is 11.3 Å². The molecule has 3 heterocycles. The van der Waals surface area contributed by atoms with Crippen LogP contribution >= 0.6 is 23.1 Å². The normalized spacial score (nSPS) is 18.4. The van der Waals surface area contributed by atoms with E-state index in [0.29, 0.717) is 16.4 Å². The van der Waals surface area contributed by atoms with Crippen LogP contribution in [0.5, 0.6) is 0 Å². The minimum atomic E-state index is -0.479. The Morgan fingerprint density at radius 1 is 1.17 bits per heavy atom. The summed E-state index contributed by atoms with van der Waals surface area (Å²) in [7, 11) is 0. The molecule has 156 valence electrons. The second kappa shape index (κ2) is 8.97. The number of aromatic nitrogens is 1. The molecule has 4 rings (SSSR count). The van der Waals surface area contributed by atoms with E-state index < -0.39 is 5.25 Å². The van der Waals surface area contributed by atoms with E-state index in [4.69, 9.17) is 0 Å². The molecule has 30 heavy (non-hydrogen) atoms. The number of nitrogens with zero attached hydrogens (tertiary/aromatic N) is 3. The van der Waals surface area contributed by atoms with Crippen molar-refractivity contribution in [3.8, 4) is 0 Å². The molecule has 2 aliphatic heterocycles. The highest BCUT2D eigenvalue weighted by molar-refractivity contribution is 8.15. The zero-order valence-electron chi connectivity index (χ0n) is 16.4. The van der Waals surface area contributed by atoms with Crippen molar-refractivity contribution in [3.63, 3.8) is 0 Å². The lowest BCUT2D eigenvalue weighted by atomic mass is 10.2. The van der Waals surface area contributed by atoms with Gasteiger partial charge in [0.15, 0.2) is 10.3 Å². The third kappa shape index (κ3) is 4.88. The highest BCUT2D eigenvalue weighted by Crippen LogP contribution is 2.29. The number of likely N-dealkylation sites (tertiary alicyclic amines) is 1. The fourth-order valence-corrected chi connectivity index (χ4v) is 5.02. The molecule has 0 aliphatic carbocycles. The molecule has 1 aromatic carbocycles. The van der Waals surface area contributed by atoms with Gasteiger partial charge in [-0.05, 0) is 44.0 Å². The fraction of sp³-hybridized carbons (Fsp3) is 0.350. The van der Waals surface area contributed by atoms with Crippen LogP contribution in [0.2, 0.25) is 0 Å². The number of benzene rings is 1. The molecule has 10 heteroatoms. The van der Waals surface area contributed by atoms with E-state index in [9.17, 15) is 14.4 Å². The van der Waals surface area contributed by atoms with E-state index in [0.717, 1.165) is 36.8 Å². The van der Waals surface area contributed by atoms with Crippen LogP contribution in [0, 0.1) is 6.92 Å². The van der Waals surface area contributed by atoms with Crippen LogP contribution in [0.1, 0.15) is 35.3 Å². The Bertz CT molecular complexity index is 996. The fourth-order valence-electron chi connectivity index (χ4n) is 3.22. The molecule has 0 bridgehead atoms. The number of thioether (sulfide) groups is 1. The van der Waals surface area contributed by atoms with Gasteiger partial charge in [0, 0.05) is 36.1 Å². The van der Waals surface area contributed by atoms with E-state index in [1.165, 1.54) is 23.1 Å². The maximum absolute atomic E-state index is 12.4. The Kier molecular flexibility index (Phi) is 6.14. The molecule has 3 amide bonds. The summed E-state index contributed by atoms with van der Waals surface area (Å²) in [5.74, 6) is -0.766. The van der Waals surface area contributed by atoms with Gasteiger partial charge in [-0.25, -0.2) is 4.98 Å². The van der Waals surface area contributed by atoms with E-state index >= 15 is 0 Å². The van der Waals surface area contributed by atoms with Crippen molar-refractivity contribution in [3.05, 3.63) is 40.9 Å². The standard InChI is InChI=1S/C20H21N5O3S2/c1-12-11-29-19(21-12)23-17(27)13-4-6-14(7-5-13)22-16(26)10-15-18(28)24-20(30-15)25-8-2-3-9-25/h4-7,11,15H,2-3,8-10H2,1H3,(H,22,26)(H,21,23,27)/t15-/m1/s1. The monoisotopic (exact) mass is 443 g/mol. The molecule has 1 saturated heterocycles. The van der Waals surface area contributed by atoms with Gasteiger partial charge < -0.3 is 10.2 Å². The van der Waals surface area contributed by atoms with Crippen molar-refractivity contribution in [2.45, 2.75) is 31.4 Å². The van der Waals surface area contributed by atoms with Crippen LogP contribution in [-0.4, -0.2) is 51.1 Å². The van der Waals surface area contributed by atoms with Crippen LogP contribution in [0.25, 0.3) is 0 Å². The average Bonchev–Trinajstić information content (AvgIpc) is 3.45. The number of amidine groups is 1. The first-order valence-corrected chi connectivity index (χ1v) is 11.4. The minimum absolute atomic E-state index is 0.0655. The summed E-state index contributed by atoms with van der Waals surface area (Å²) in [5.41, 5.74) is 1.88. The second-order valence-corrected chi connectivity index (χ2v) is 9.14. The smallest absolute Gasteiger partial charge is 0.262 e. The molecule has 0 unspecified atom stereocenters. The van der Waals surface area contributed by atoms with Gasteiger partial charge in [-0.2, -0.15) is 4.99 Å². The van der Waals surface area contributed by atoms with Crippen molar-refractivity contribution in [1.82, 2.24) is 9.88 Å². The number of thiazole rings is 1. The van der Waals surface area contributed by atoms with Gasteiger partial charge in [0.25, 0.3) is 11.8 Å². The number of carbonyl (C=O) groups is 3. The SMILES string of the molecule is Cc1csc(NC(=O)c2ccc(NC(=O)C[C@H]3SC(N4CCCC4)=NC3=O)cc2)n1. The quantitative estimate of drug-likeness (QED) is 0.736. The van der Waals surface area contributed by atoms with Crippen LogP contribution in [0.3, 0.4) is 0 Å². The van der Waals surface area contributed by atoms with Crippen LogP contribution in [0.15, 0.2) is 34.6 Å². The summed E-state index contributed by atoms with van der Waals surface area (Å²) < 4.78 is 0. The van der Waals surface area contributed by atoms with Crippen LogP contribution < -0.4 is 10.6 Å². The molecule has 0 radical (unpaired) electrons. The first kappa shape index (κ1) is 20.5. The third-order valence-electron chi connectivity index (χ3n) is 4.75. The number of hydrogen-bond acceptors (Lipinski definition) is 7. The third-order valence-corrected chi connectivity index (χ3v) is 6.84. The Balaban J connectivity index is 1.28. The Morgan fingerprint density at radius 2 is 1.90 bits per heavy atom. The molecule has 2 aliphatic rings. The number of nitrogens with one attached hydrogen (secondary N) is 2. The summed E-state index contributed by atoms with van der Waals surface area (Å²) in [5, 5.41) is 8.19. The van der Waals surface area contributed by atoms with Crippen molar-refractivity contribution >= 4 is 56.8 Å². The van der Waals surface area contributed by atoms with Crippen molar-refractivity contribution in [2.24, 2.45) is 4.99 Å². The van der Waals surface area contributed by atoms with Crippen molar-refractivity contribution in [2.75, 3.05) is 23.7 Å². The largest absolute Gasteiger partial charge is 0.351 e. The topological polar surface area (TPSA) is 104 Å². The Labute approximate surface area is 182 Å². The minimum Gasteiger partial charge on any atom is -0.351 e. The number of carbonyl (C=O) groups excluding carboxylic acids is 3. The van der Waals surface area contributed by atoms with E-state index in [2.05, 4.69) is 25.5 Å². The Morgan fingerprint density at radius 3 is 2.57 bits per heavy atom. The second-order valence-electron chi connectivity index (χ2n) is 7.11. The summed E-state index contributed by atoms with van der Waals surface area (Å²) >= 11 is 2.74. The number of rotatable bonds is 5. The molecule has 2 aromatic rings. The number of aliphatic imine (C=N–C) groups is 1. The highest BCUT2D eigenvalue weighted by atomic mass is 32.2. The van der Waals surface area contributed by atoms with Gasteiger partial charge in [0.2, 0.25) is 5.91 Å². The molecule has 1 fully saturated rings. The Hall–Kier alpha value is -2.72. The molecule has 1 aromatic heterocycles. The zero-order chi connectivity index (χ0) is 21.1. The maximum Gasteiger partial charge on any atom is 0.262 e. The number of aryl methyl sites for hydroxylation is 1. The molecular weight excluding hydrogens is 422 g/mol. The lowest BCUT2D eigenvalue weighted by Gasteiger charge is -2.16. The highest BCUT2D eigenvalue weighted by Gasteiger charge is 2.33. The van der Waals surface area contributed by atoms with E-state index in [1.807, 2.05) is 12.3 Å². The van der Waals surface area contributed by atoms with Crippen molar-refractivity contribution in [1.29, 1.82) is 0 Å². The van der Waals surface area contributed by atoms with E-state index in [1.54, 1.807) is 24.3 Å². The predicted molar refractivity (Wildman–Crippen MR) is 119 cm³/mol. The number of anilines is 2. The van der Waals surface area contributed by atoms with E-state index in [-0.39, 0.29) is 24.1 Å². The first-order chi connectivity index (χ1) is 14.5. The van der Waals surface area contributed by atoms with Crippen LogP contribution in [0.4, 0.5) is 10.8 Å². The predicted octanol–water partition coefficient (Wildman–Crippen LogP) is 3.13. The lowest BCUT2D eigenvalue weighted by molar-refractivity contribution is -0.121. The maximum atomic E-state index is 12.4. The van der Waals surface area contributed by atoms with Gasteiger partial charge in [0.05, 0.1) is 5.69 Å². The summed E-state index contributed by atoms with van der Waals surface area (Å²) in [6.07, 6.45) is 2.28. The van der Waals surface area contributed by atoms with Gasteiger partial charge in [0.1, 0.15) is 5.25 Å². The molecular formula is C20H21N5O3S2. The lowest BCUT2D eigenvalue weighted by Crippen LogP contribution is -2.25. The first-order valence-electron chi connectivity index (χ1n) is 9.65. The van der Waals surface area contributed by atoms with Gasteiger partial charge >= 0.3 is 0 Å². The van der Waals surface area contributed by atoms with Gasteiger partial charge in [-0.1, -0.05) is 11.8 Å². The molecule has 2 N–H and O–H groups in total. The number of hydrogen-bond donors (Lipinski definition) is 2. The summed E-state index contributed by atoms with van der Waals surface area (Å²) in [4.78, 5) is 47.2. The molecule has 0 spiro atoms. The van der Waals surface area contributed by atoms with Crippen molar-refractivity contribution < 1.29 is 14.4 Å². The summed E-state index contributed by atoms with van der Waals surface area (Å²) in [6, 6.07) is 6.59. The number of amides is 3. The zero-order valence-corrected chi connectivity index (χ0v) is 18.0. The molecule has 0 saturated carbocycles. The molecule has 1 atom stereocenters.